The van der Waals surface area contributed by atoms with Crippen molar-refractivity contribution in [1.29, 1.82) is 0 Å². The van der Waals surface area contributed by atoms with E-state index in [-0.39, 0.29) is 0 Å². The number of nitrogens with zero attached hydrogens (tertiary/aromatic N) is 2. The molecule has 7 heteroatoms. The van der Waals surface area contributed by atoms with E-state index in [1.807, 2.05) is 6.07 Å². The van der Waals surface area contributed by atoms with Crippen LogP contribution in [0.2, 0.25) is 5.02 Å². The molecule has 0 saturated carbocycles. The van der Waals surface area contributed by atoms with Crippen molar-refractivity contribution in [1.82, 2.24) is 10.1 Å². The normalized spacial score (nSPS) is 10.7. The minimum atomic E-state index is 0.429. The number of thiophene rings is 1. The maximum atomic E-state index is 5.93. The lowest BCUT2D eigenvalue weighted by Crippen LogP contribution is -1.89. The average molecular weight is 308 g/mol. The minimum absolute atomic E-state index is 0.429. The molecule has 3 aromatic rings. The maximum Gasteiger partial charge on any atom is 0.268 e. The maximum absolute atomic E-state index is 5.93. The number of benzene rings is 1. The molecule has 2 N–H and O–H groups in total. The fourth-order valence-corrected chi connectivity index (χ4v) is 2.61. The molecule has 0 aliphatic carbocycles. The lowest BCUT2D eigenvalue weighted by Gasteiger charge is -2.04. The van der Waals surface area contributed by atoms with Gasteiger partial charge >= 0.3 is 0 Å². The summed E-state index contributed by atoms with van der Waals surface area (Å²) in [5.74, 6) is 1.47. The van der Waals surface area contributed by atoms with Gasteiger partial charge in [0.05, 0.1) is 22.6 Å². The second-order valence-corrected chi connectivity index (χ2v) is 5.52. The molecule has 102 valence electrons. The third-order valence-corrected chi connectivity index (χ3v) is 3.81. The van der Waals surface area contributed by atoms with Crippen LogP contribution in [0.25, 0.3) is 22.2 Å². The Labute approximate surface area is 123 Å². The van der Waals surface area contributed by atoms with Crippen LogP contribution in [0.4, 0.5) is 5.00 Å². The molecular formula is C13H10ClN3O2S. The molecule has 0 bridgehead atoms. The predicted molar refractivity (Wildman–Crippen MR) is 79.0 cm³/mol. The van der Waals surface area contributed by atoms with Crippen LogP contribution in [-0.4, -0.2) is 17.3 Å². The highest BCUT2D eigenvalue weighted by Crippen LogP contribution is 2.33. The van der Waals surface area contributed by atoms with Crippen LogP contribution in [0.3, 0.4) is 0 Å². The fraction of sp³-hybridized carbons (Fsp3) is 0.0769. The smallest absolute Gasteiger partial charge is 0.268 e. The third kappa shape index (κ3) is 2.35. The Morgan fingerprint density at radius 2 is 2.15 bits per heavy atom. The van der Waals surface area contributed by atoms with E-state index in [9.17, 15) is 0 Å². The second-order valence-electron chi connectivity index (χ2n) is 3.97. The standard InChI is InChI=1S/C13H10ClN3O2S/c1-18-9-6-7(14)2-3-8(9)12-16-13(19-17-12)10-4-5-11(15)20-10/h2-6H,15H2,1H3. The highest BCUT2D eigenvalue weighted by atomic mass is 35.5. The number of aromatic nitrogens is 2. The van der Waals surface area contributed by atoms with Crippen molar-refractivity contribution in [2.75, 3.05) is 12.8 Å². The van der Waals surface area contributed by atoms with E-state index in [2.05, 4.69) is 10.1 Å². The first kappa shape index (κ1) is 13.0. The zero-order chi connectivity index (χ0) is 14.1. The highest BCUT2D eigenvalue weighted by molar-refractivity contribution is 7.19. The van der Waals surface area contributed by atoms with Crippen molar-refractivity contribution in [3.05, 3.63) is 35.4 Å². The van der Waals surface area contributed by atoms with E-state index in [0.29, 0.717) is 27.5 Å². The fourth-order valence-electron chi connectivity index (χ4n) is 1.75. The Morgan fingerprint density at radius 1 is 1.30 bits per heavy atom. The lowest BCUT2D eigenvalue weighted by molar-refractivity contribution is 0.413. The molecular weight excluding hydrogens is 298 g/mol. The monoisotopic (exact) mass is 307 g/mol. The molecule has 0 aliphatic rings. The number of rotatable bonds is 3. The molecule has 0 atom stereocenters. The van der Waals surface area contributed by atoms with E-state index in [1.54, 1.807) is 31.4 Å². The third-order valence-electron chi connectivity index (χ3n) is 2.67. The van der Waals surface area contributed by atoms with Gasteiger partial charge < -0.3 is 15.0 Å². The van der Waals surface area contributed by atoms with Gasteiger partial charge in [-0.1, -0.05) is 16.8 Å². The first-order valence-corrected chi connectivity index (χ1v) is 6.90. The van der Waals surface area contributed by atoms with Crippen molar-refractivity contribution in [3.63, 3.8) is 0 Å². The van der Waals surface area contributed by atoms with Crippen molar-refractivity contribution >= 4 is 27.9 Å². The molecule has 3 rings (SSSR count). The SMILES string of the molecule is COc1cc(Cl)ccc1-c1noc(-c2ccc(N)s2)n1. The number of methoxy groups -OCH3 is 1. The Hall–Kier alpha value is -2.05. The first-order valence-electron chi connectivity index (χ1n) is 5.70. The molecule has 0 saturated heterocycles. The van der Waals surface area contributed by atoms with Crippen molar-refractivity contribution < 1.29 is 9.26 Å². The number of nitrogens with two attached hydrogens (primary N) is 1. The van der Waals surface area contributed by atoms with Gasteiger partial charge in [-0.3, -0.25) is 0 Å². The van der Waals surface area contributed by atoms with Gasteiger partial charge in [-0.25, -0.2) is 0 Å². The molecule has 0 unspecified atom stereocenters. The van der Waals surface area contributed by atoms with Gasteiger partial charge in [0.15, 0.2) is 0 Å². The number of halogens is 1. The summed E-state index contributed by atoms with van der Waals surface area (Å²) in [6.45, 7) is 0. The molecule has 2 aromatic heterocycles. The van der Waals surface area contributed by atoms with Gasteiger partial charge in [0.2, 0.25) is 5.82 Å². The van der Waals surface area contributed by atoms with Crippen LogP contribution in [0.5, 0.6) is 5.75 Å². The van der Waals surface area contributed by atoms with Crippen LogP contribution in [0.1, 0.15) is 0 Å². The van der Waals surface area contributed by atoms with E-state index in [4.69, 9.17) is 26.6 Å². The molecule has 0 aliphatic heterocycles. The first-order chi connectivity index (χ1) is 9.67. The van der Waals surface area contributed by atoms with Crippen molar-refractivity contribution in [2.24, 2.45) is 0 Å². The number of ether oxygens (including phenoxy) is 1. The summed E-state index contributed by atoms with van der Waals surface area (Å²) >= 11 is 7.32. The molecule has 0 spiro atoms. The number of anilines is 1. The summed E-state index contributed by atoms with van der Waals surface area (Å²) < 4.78 is 10.5. The van der Waals surface area contributed by atoms with Gasteiger partial charge in [0.25, 0.3) is 5.89 Å². The minimum Gasteiger partial charge on any atom is -0.496 e. The topological polar surface area (TPSA) is 74.2 Å². The van der Waals surface area contributed by atoms with Crippen LogP contribution < -0.4 is 10.5 Å². The number of hydrogen-bond donors (Lipinski definition) is 1. The van der Waals surface area contributed by atoms with Gasteiger partial charge in [0, 0.05) is 5.02 Å². The number of hydrogen-bond acceptors (Lipinski definition) is 6. The van der Waals surface area contributed by atoms with E-state index in [0.717, 1.165) is 10.4 Å². The summed E-state index contributed by atoms with van der Waals surface area (Å²) in [6.07, 6.45) is 0. The second kappa shape index (κ2) is 5.15. The summed E-state index contributed by atoms with van der Waals surface area (Å²) in [6, 6.07) is 8.89. The Bertz CT molecular complexity index is 754. The molecule has 0 radical (unpaired) electrons. The van der Waals surface area contributed by atoms with Crippen molar-refractivity contribution in [2.45, 2.75) is 0 Å². The van der Waals surface area contributed by atoms with Gasteiger partial charge in [-0.05, 0) is 30.3 Å². The van der Waals surface area contributed by atoms with Crippen molar-refractivity contribution in [3.8, 4) is 27.9 Å². The average Bonchev–Trinajstić information content (AvgIpc) is 3.07. The van der Waals surface area contributed by atoms with Gasteiger partial charge in [0.1, 0.15) is 5.75 Å². The van der Waals surface area contributed by atoms with Crippen LogP contribution in [-0.2, 0) is 0 Å². The predicted octanol–water partition coefficient (Wildman–Crippen LogP) is 3.71. The quantitative estimate of drug-likeness (QED) is 0.798. The summed E-state index contributed by atoms with van der Waals surface area (Å²) in [5, 5.41) is 5.25. The Kier molecular flexibility index (Phi) is 3.33. The molecule has 1 aromatic carbocycles. The lowest BCUT2D eigenvalue weighted by atomic mass is 10.2. The number of nitrogen functional groups attached to an aromatic ring is 1. The summed E-state index contributed by atoms with van der Waals surface area (Å²) in [7, 11) is 1.57. The molecule has 20 heavy (non-hydrogen) atoms. The van der Waals surface area contributed by atoms with Gasteiger partial charge in [-0.2, -0.15) is 4.98 Å². The van der Waals surface area contributed by atoms with E-state index < -0.39 is 0 Å². The summed E-state index contributed by atoms with van der Waals surface area (Å²) in [4.78, 5) is 5.18. The van der Waals surface area contributed by atoms with Crippen LogP contribution in [0, 0.1) is 0 Å². The van der Waals surface area contributed by atoms with Crippen LogP contribution >= 0.6 is 22.9 Å². The molecule has 2 heterocycles. The zero-order valence-electron chi connectivity index (χ0n) is 10.5. The molecule has 5 nitrogen and oxygen atoms in total. The van der Waals surface area contributed by atoms with Crippen LogP contribution in [0.15, 0.2) is 34.9 Å². The highest BCUT2D eigenvalue weighted by Gasteiger charge is 2.15. The largest absolute Gasteiger partial charge is 0.496 e. The zero-order valence-corrected chi connectivity index (χ0v) is 12.0. The molecule has 0 amide bonds. The molecule has 0 fully saturated rings. The Morgan fingerprint density at radius 3 is 2.85 bits per heavy atom. The van der Waals surface area contributed by atoms with E-state index >= 15 is 0 Å². The Balaban J connectivity index is 2.02. The van der Waals surface area contributed by atoms with Gasteiger partial charge in [-0.15, -0.1) is 11.3 Å². The van der Waals surface area contributed by atoms with E-state index in [1.165, 1.54) is 11.3 Å². The summed E-state index contributed by atoms with van der Waals surface area (Å²) in [5.41, 5.74) is 6.41.